The van der Waals surface area contributed by atoms with Crippen LogP contribution in [-0.2, 0) is 27.5 Å². The summed E-state index contributed by atoms with van der Waals surface area (Å²) in [4.78, 5) is 56.7. The molecule has 1 aromatic heterocycles. The topological polar surface area (TPSA) is 159 Å². The summed E-state index contributed by atoms with van der Waals surface area (Å²) in [5.41, 5.74) is 0.537. The number of nitrogens with one attached hydrogen (secondary N) is 2. The Labute approximate surface area is 275 Å². The summed E-state index contributed by atoms with van der Waals surface area (Å²) in [7, 11) is 1.51. The third-order valence-electron chi connectivity index (χ3n) is 8.73. The maximum Gasteiger partial charge on any atom is 0.255 e. The van der Waals surface area contributed by atoms with Gasteiger partial charge in [-0.15, -0.1) is 5.10 Å². The second-order valence-electron chi connectivity index (χ2n) is 13.0. The Morgan fingerprint density at radius 2 is 1.79 bits per heavy atom. The highest BCUT2D eigenvalue weighted by atomic mass is 19.1. The van der Waals surface area contributed by atoms with Crippen molar-refractivity contribution in [2.45, 2.75) is 110 Å². The van der Waals surface area contributed by atoms with Crippen molar-refractivity contribution >= 4 is 23.6 Å². The molecule has 0 aliphatic carbocycles. The van der Waals surface area contributed by atoms with Crippen molar-refractivity contribution in [3.05, 3.63) is 41.5 Å². The molecule has 0 saturated carbocycles. The normalized spacial score (nSPS) is 24.7. The van der Waals surface area contributed by atoms with Gasteiger partial charge in [0.1, 0.15) is 42.0 Å². The van der Waals surface area contributed by atoms with Gasteiger partial charge in [0.25, 0.3) is 5.91 Å². The minimum absolute atomic E-state index is 0.00612. The van der Waals surface area contributed by atoms with Gasteiger partial charge in [0.15, 0.2) is 0 Å². The predicted molar refractivity (Wildman–Crippen MR) is 171 cm³/mol. The zero-order valence-corrected chi connectivity index (χ0v) is 27.8. The third-order valence-corrected chi connectivity index (χ3v) is 8.73. The van der Waals surface area contributed by atoms with Crippen LogP contribution >= 0.6 is 0 Å². The molecule has 1 aromatic carbocycles. The number of carbonyl (C=O) groups excluding carboxylic acids is 4. The summed E-state index contributed by atoms with van der Waals surface area (Å²) in [6.45, 7) is 6.45. The van der Waals surface area contributed by atoms with Crippen LogP contribution < -0.4 is 15.4 Å². The Morgan fingerprint density at radius 1 is 1.06 bits per heavy atom. The van der Waals surface area contributed by atoms with Crippen LogP contribution in [-0.4, -0.2) is 97.9 Å². The van der Waals surface area contributed by atoms with E-state index in [1.165, 1.54) is 22.9 Å². The fourth-order valence-corrected chi connectivity index (χ4v) is 5.96. The van der Waals surface area contributed by atoms with E-state index in [0.29, 0.717) is 18.8 Å². The van der Waals surface area contributed by atoms with Gasteiger partial charge in [-0.05, 0) is 44.2 Å². The van der Waals surface area contributed by atoms with Crippen molar-refractivity contribution in [2.75, 3.05) is 20.1 Å². The van der Waals surface area contributed by atoms with Crippen LogP contribution in [0.1, 0.15) is 88.2 Å². The molecule has 2 aliphatic heterocycles. The standard InChI is InChI=1S/C33H48FN7O6/c1-21(2)15-27-32(45)41-19-25(42)17-28(41)33(46)39(4)22(3)30(43)35-13-9-7-5-6-8-10-14-40-18-24(37-38-40)20-47-29-16-23(34)11-12-26(29)31(44)36-27/h11-12,16,18,21-22,25,27-28,42H,5-10,13-15,17,19-20H2,1-4H3,(H,35,43)(H,36,44)/t22-,25+,27-,28-/m1/s1. The molecule has 47 heavy (non-hydrogen) atoms. The van der Waals surface area contributed by atoms with E-state index >= 15 is 0 Å². The van der Waals surface area contributed by atoms with Gasteiger partial charge in [-0.2, -0.15) is 0 Å². The number of aromatic nitrogens is 3. The number of hydrogen-bond donors (Lipinski definition) is 3. The van der Waals surface area contributed by atoms with E-state index in [1.54, 1.807) is 17.8 Å². The molecule has 13 nitrogen and oxygen atoms in total. The Balaban J connectivity index is 1.59. The first-order valence-corrected chi connectivity index (χ1v) is 16.6. The molecule has 258 valence electrons. The molecule has 4 atom stereocenters. The summed E-state index contributed by atoms with van der Waals surface area (Å²) in [6, 6.07) is 0.666. The van der Waals surface area contributed by atoms with Gasteiger partial charge in [0, 0.05) is 39.2 Å². The number of halogens is 1. The van der Waals surface area contributed by atoms with E-state index < -0.39 is 47.8 Å². The van der Waals surface area contributed by atoms with E-state index in [9.17, 15) is 28.7 Å². The molecule has 1 fully saturated rings. The molecule has 4 rings (SSSR count). The van der Waals surface area contributed by atoms with E-state index in [0.717, 1.165) is 50.7 Å². The number of carbonyl (C=O) groups is 4. The first-order chi connectivity index (χ1) is 22.4. The maximum atomic E-state index is 14.3. The Hall–Kier alpha value is -4.07. The fraction of sp³-hybridized carbons (Fsp3) is 0.636. The molecule has 3 N–H and O–H groups in total. The number of aliphatic hydroxyl groups is 1. The lowest BCUT2D eigenvalue weighted by Gasteiger charge is -2.33. The molecule has 4 amide bonds. The molecule has 0 radical (unpaired) electrons. The zero-order chi connectivity index (χ0) is 34.1. The van der Waals surface area contributed by atoms with Crippen LogP contribution in [0, 0.1) is 11.7 Å². The molecular weight excluding hydrogens is 609 g/mol. The average Bonchev–Trinajstić information content (AvgIpc) is 3.66. The summed E-state index contributed by atoms with van der Waals surface area (Å²) < 4.78 is 21.9. The molecule has 2 aliphatic rings. The molecule has 3 heterocycles. The van der Waals surface area contributed by atoms with E-state index in [-0.39, 0.29) is 49.1 Å². The lowest BCUT2D eigenvalue weighted by atomic mass is 10.0. The van der Waals surface area contributed by atoms with Crippen LogP contribution in [0.3, 0.4) is 0 Å². The largest absolute Gasteiger partial charge is 0.486 e. The number of benzene rings is 1. The second-order valence-corrected chi connectivity index (χ2v) is 13.0. The van der Waals surface area contributed by atoms with Crippen LogP contribution in [0.15, 0.2) is 24.4 Å². The first kappa shape index (κ1) is 35.8. The number of rotatable bonds is 2. The molecule has 0 unspecified atom stereocenters. The molecule has 2 aromatic rings. The second kappa shape index (κ2) is 16.7. The number of amides is 4. The van der Waals surface area contributed by atoms with Gasteiger partial charge in [0.2, 0.25) is 17.7 Å². The van der Waals surface area contributed by atoms with E-state index in [1.807, 2.05) is 13.8 Å². The number of aryl methyl sites for hydroxylation is 1. The number of fused-ring (bicyclic) bond motifs is 4. The first-order valence-electron chi connectivity index (χ1n) is 16.6. The van der Waals surface area contributed by atoms with Crippen molar-refractivity contribution in [3.63, 3.8) is 0 Å². The Bertz CT molecular complexity index is 1400. The van der Waals surface area contributed by atoms with E-state index in [4.69, 9.17) is 4.74 Å². The monoisotopic (exact) mass is 657 g/mol. The maximum absolute atomic E-state index is 14.3. The number of ether oxygens (including phenoxy) is 1. The highest BCUT2D eigenvalue weighted by Crippen LogP contribution is 2.25. The van der Waals surface area contributed by atoms with Gasteiger partial charge in [0.05, 0.1) is 17.9 Å². The molecule has 1 saturated heterocycles. The average molecular weight is 658 g/mol. The minimum Gasteiger partial charge on any atom is -0.486 e. The minimum atomic E-state index is -1.05. The Morgan fingerprint density at radius 3 is 2.53 bits per heavy atom. The SMILES string of the molecule is CC(C)C[C@H]1NC(=O)c2ccc(F)cc2OCc2cn(nn2)CCCCCCCCNC(=O)[C@@H](C)N(C)C(=O)[C@H]2C[C@H](O)CN2C1=O. The lowest BCUT2D eigenvalue weighted by Crippen LogP contribution is -2.56. The molecule has 0 spiro atoms. The van der Waals surface area contributed by atoms with E-state index in [2.05, 4.69) is 20.9 Å². The van der Waals surface area contributed by atoms with Crippen molar-refractivity contribution in [3.8, 4) is 5.75 Å². The summed E-state index contributed by atoms with van der Waals surface area (Å²) in [6.07, 6.45) is 6.81. The van der Waals surface area contributed by atoms with Gasteiger partial charge in [-0.3, -0.25) is 23.9 Å². The van der Waals surface area contributed by atoms with Crippen LogP contribution in [0.5, 0.6) is 5.75 Å². The van der Waals surface area contributed by atoms with Crippen molar-refractivity contribution in [1.82, 2.24) is 35.4 Å². The smallest absolute Gasteiger partial charge is 0.255 e. The quantitative estimate of drug-likeness (QED) is 0.444. The van der Waals surface area contributed by atoms with Gasteiger partial charge < -0.3 is 30.3 Å². The molecule has 14 heteroatoms. The predicted octanol–water partition coefficient (Wildman–Crippen LogP) is 2.42. The van der Waals surface area contributed by atoms with Gasteiger partial charge in [-0.25, -0.2) is 4.39 Å². The summed E-state index contributed by atoms with van der Waals surface area (Å²) >= 11 is 0. The van der Waals surface area contributed by atoms with Crippen molar-refractivity contribution in [1.29, 1.82) is 0 Å². The third kappa shape index (κ3) is 9.72. The highest BCUT2D eigenvalue weighted by Gasteiger charge is 2.43. The highest BCUT2D eigenvalue weighted by molar-refractivity contribution is 6.00. The van der Waals surface area contributed by atoms with Crippen molar-refractivity contribution in [2.24, 2.45) is 5.92 Å². The molecular formula is C33H48FN7O6. The van der Waals surface area contributed by atoms with Crippen molar-refractivity contribution < 1.29 is 33.4 Å². The van der Waals surface area contributed by atoms with Gasteiger partial charge >= 0.3 is 0 Å². The number of hydrogen-bond acceptors (Lipinski definition) is 8. The number of likely N-dealkylation sites (N-methyl/N-ethyl adjacent to an activating group) is 1. The number of aliphatic hydroxyl groups excluding tert-OH is 1. The van der Waals surface area contributed by atoms with Gasteiger partial charge in [-0.1, -0.05) is 44.7 Å². The molecule has 2 bridgehead atoms. The van der Waals surface area contributed by atoms with Crippen LogP contribution in [0.4, 0.5) is 4.39 Å². The summed E-state index contributed by atoms with van der Waals surface area (Å²) in [5.74, 6) is -2.61. The zero-order valence-electron chi connectivity index (χ0n) is 27.8. The fourth-order valence-electron chi connectivity index (χ4n) is 5.96. The number of nitrogens with zero attached hydrogens (tertiary/aromatic N) is 5. The van der Waals surface area contributed by atoms with Crippen LogP contribution in [0.25, 0.3) is 0 Å². The summed E-state index contributed by atoms with van der Waals surface area (Å²) in [5, 5.41) is 24.5. The Kier molecular flexibility index (Phi) is 12.7. The van der Waals surface area contributed by atoms with Crippen LogP contribution in [0.2, 0.25) is 0 Å². The lowest BCUT2D eigenvalue weighted by molar-refractivity contribution is -0.147.